The molecule has 0 amide bonds. The minimum atomic E-state index is -0.125. The van der Waals surface area contributed by atoms with Gasteiger partial charge in [0.25, 0.3) is 0 Å². The summed E-state index contributed by atoms with van der Waals surface area (Å²) in [6, 6.07) is 10.0. The third-order valence-corrected chi connectivity index (χ3v) is 3.78. The second-order valence-corrected chi connectivity index (χ2v) is 5.13. The maximum Gasteiger partial charge on any atom is 0.166 e. The van der Waals surface area contributed by atoms with Gasteiger partial charge in [-0.15, -0.1) is 0 Å². The normalized spacial score (nSPS) is 17.6. The Morgan fingerprint density at radius 1 is 1.35 bits per heavy atom. The van der Waals surface area contributed by atoms with Crippen LogP contribution in [0.5, 0.6) is 0 Å². The van der Waals surface area contributed by atoms with E-state index in [1.54, 1.807) is 18.5 Å². The number of ether oxygens (including phenoxy) is 1. The van der Waals surface area contributed by atoms with Crippen molar-refractivity contribution in [3.63, 3.8) is 0 Å². The molecule has 0 aliphatic carbocycles. The first-order valence-electron chi connectivity index (χ1n) is 6.89. The molecule has 102 valence electrons. The number of pyridine rings is 1. The second-order valence-electron chi connectivity index (χ2n) is 5.13. The van der Waals surface area contributed by atoms with Crippen LogP contribution in [0.3, 0.4) is 0 Å². The molecule has 0 fully saturated rings. The average Bonchev–Trinajstić information content (AvgIpc) is 2.48. The molecule has 3 nitrogen and oxygen atoms in total. The Kier molecular flexibility index (Phi) is 3.61. The molecule has 2 aromatic rings. The van der Waals surface area contributed by atoms with Crippen LogP contribution in [-0.2, 0) is 11.2 Å². The summed E-state index contributed by atoms with van der Waals surface area (Å²) in [6.45, 7) is 2.60. The Bertz CT molecular complexity index is 636. The monoisotopic (exact) mass is 267 g/mol. The van der Waals surface area contributed by atoms with Crippen molar-refractivity contribution in [1.29, 1.82) is 0 Å². The molecular weight excluding hydrogens is 250 g/mol. The van der Waals surface area contributed by atoms with Crippen molar-refractivity contribution in [2.45, 2.75) is 25.9 Å². The standard InChI is InChI=1S/C17H17NO2/c1-12-11-18-8-6-14(12)16(19)10-17-15-5-3-2-4-13(15)7-9-20-17/h2-6,8,11,17H,7,9-10H2,1H3. The van der Waals surface area contributed by atoms with Gasteiger partial charge in [0.2, 0.25) is 0 Å². The summed E-state index contributed by atoms with van der Waals surface area (Å²) < 4.78 is 5.80. The van der Waals surface area contributed by atoms with E-state index in [2.05, 4.69) is 17.1 Å². The van der Waals surface area contributed by atoms with Gasteiger partial charge in [0.15, 0.2) is 5.78 Å². The molecule has 0 N–H and O–H groups in total. The van der Waals surface area contributed by atoms with Crippen molar-refractivity contribution < 1.29 is 9.53 Å². The highest BCUT2D eigenvalue weighted by Crippen LogP contribution is 2.30. The molecule has 1 aliphatic rings. The number of aromatic nitrogens is 1. The molecule has 1 atom stereocenters. The zero-order valence-electron chi connectivity index (χ0n) is 11.5. The van der Waals surface area contributed by atoms with Gasteiger partial charge < -0.3 is 4.74 Å². The van der Waals surface area contributed by atoms with Crippen LogP contribution in [0.25, 0.3) is 0 Å². The van der Waals surface area contributed by atoms with E-state index >= 15 is 0 Å². The van der Waals surface area contributed by atoms with Crippen LogP contribution < -0.4 is 0 Å². The van der Waals surface area contributed by atoms with Gasteiger partial charge in [0.05, 0.1) is 12.7 Å². The minimum absolute atomic E-state index is 0.117. The van der Waals surface area contributed by atoms with Gasteiger partial charge in [-0.2, -0.15) is 0 Å². The number of nitrogens with zero attached hydrogens (tertiary/aromatic N) is 1. The molecule has 1 unspecified atom stereocenters. The maximum atomic E-state index is 12.4. The fourth-order valence-corrected chi connectivity index (χ4v) is 2.71. The Morgan fingerprint density at radius 3 is 3.05 bits per heavy atom. The minimum Gasteiger partial charge on any atom is -0.373 e. The van der Waals surface area contributed by atoms with Crippen LogP contribution in [-0.4, -0.2) is 17.4 Å². The van der Waals surface area contributed by atoms with Gasteiger partial charge in [-0.25, -0.2) is 0 Å². The predicted molar refractivity (Wildman–Crippen MR) is 76.8 cm³/mol. The lowest BCUT2D eigenvalue weighted by Crippen LogP contribution is -2.19. The molecule has 0 saturated heterocycles. The van der Waals surface area contributed by atoms with E-state index in [0.717, 1.165) is 23.1 Å². The first-order chi connectivity index (χ1) is 9.75. The van der Waals surface area contributed by atoms with E-state index < -0.39 is 0 Å². The Balaban J connectivity index is 1.83. The number of benzene rings is 1. The van der Waals surface area contributed by atoms with Crippen molar-refractivity contribution in [3.8, 4) is 0 Å². The predicted octanol–water partition coefficient (Wildman–Crippen LogP) is 3.28. The van der Waals surface area contributed by atoms with E-state index in [1.165, 1.54) is 5.56 Å². The molecule has 0 saturated carbocycles. The number of hydrogen-bond donors (Lipinski definition) is 0. The molecule has 20 heavy (non-hydrogen) atoms. The van der Waals surface area contributed by atoms with Crippen molar-refractivity contribution in [1.82, 2.24) is 4.98 Å². The van der Waals surface area contributed by atoms with Crippen LogP contribution in [0.1, 0.15) is 39.6 Å². The molecule has 0 spiro atoms. The van der Waals surface area contributed by atoms with Crippen molar-refractivity contribution in [3.05, 3.63) is 65.0 Å². The van der Waals surface area contributed by atoms with Gasteiger partial charge in [0, 0.05) is 24.4 Å². The summed E-state index contributed by atoms with van der Waals surface area (Å²) in [5.41, 5.74) is 4.11. The Hall–Kier alpha value is -2.00. The number of carbonyl (C=O) groups is 1. The molecule has 3 heteroatoms. The van der Waals surface area contributed by atoms with Gasteiger partial charge in [-0.05, 0) is 36.1 Å². The van der Waals surface area contributed by atoms with Crippen LogP contribution in [0.4, 0.5) is 0 Å². The number of fused-ring (bicyclic) bond motifs is 1. The lowest BCUT2D eigenvalue weighted by Gasteiger charge is -2.25. The number of ketones is 1. The van der Waals surface area contributed by atoms with E-state index in [4.69, 9.17) is 4.74 Å². The first-order valence-corrected chi connectivity index (χ1v) is 6.89. The van der Waals surface area contributed by atoms with Crippen molar-refractivity contribution >= 4 is 5.78 Å². The number of aryl methyl sites for hydroxylation is 1. The largest absolute Gasteiger partial charge is 0.373 e. The van der Waals surface area contributed by atoms with Crippen LogP contribution >= 0.6 is 0 Å². The summed E-state index contributed by atoms with van der Waals surface area (Å²) in [6.07, 6.45) is 4.58. The van der Waals surface area contributed by atoms with Crippen LogP contribution in [0.2, 0.25) is 0 Å². The van der Waals surface area contributed by atoms with E-state index in [-0.39, 0.29) is 11.9 Å². The summed E-state index contributed by atoms with van der Waals surface area (Å²) in [5.74, 6) is 0.117. The highest BCUT2D eigenvalue weighted by Gasteiger charge is 2.24. The maximum absolute atomic E-state index is 12.4. The topological polar surface area (TPSA) is 39.2 Å². The number of rotatable bonds is 3. The number of hydrogen-bond acceptors (Lipinski definition) is 3. The molecule has 3 rings (SSSR count). The van der Waals surface area contributed by atoms with Crippen LogP contribution in [0.15, 0.2) is 42.7 Å². The second kappa shape index (κ2) is 5.55. The summed E-state index contributed by atoms with van der Waals surface area (Å²) in [4.78, 5) is 16.5. The van der Waals surface area contributed by atoms with Crippen molar-refractivity contribution in [2.24, 2.45) is 0 Å². The van der Waals surface area contributed by atoms with E-state index in [1.807, 2.05) is 19.1 Å². The molecule has 1 aliphatic heterocycles. The molecule has 1 aromatic heterocycles. The van der Waals surface area contributed by atoms with Crippen LogP contribution in [0, 0.1) is 6.92 Å². The molecule has 2 heterocycles. The number of carbonyl (C=O) groups excluding carboxylic acids is 1. The Morgan fingerprint density at radius 2 is 2.20 bits per heavy atom. The number of Topliss-reactive ketones (excluding diaryl/α,β-unsaturated/α-hetero) is 1. The summed E-state index contributed by atoms with van der Waals surface area (Å²) >= 11 is 0. The van der Waals surface area contributed by atoms with Gasteiger partial charge >= 0.3 is 0 Å². The Labute approximate surface area is 118 Å². The fourth-order valence-electron chi connectivity index (χ4n) is 2.71. The van der Waals surface area contributed by atoms with Gasteiger partial charge in [-0.1, -0.05) is 24.3 Å². The molecule has 0 radical (unpaired) electrons. The zero-order valence-corrected chi connectivity index (χ0v) is 11.5. The van der Waals surface area contributed by atoms with Gasteiger partial charge in [-0.3, -0.25) is 9.78 Å². The third-order valence-electron chi connectivity index (χ3n) is 3.78. The first kappa shape index (κ1) is 13.0. The summed E-state index contributed by atoms with van der Waals surface area (Å²) in [5, 5.41) is 0. The highest BCUT2D eigenvalue weighted by atomic mass is 16.5. The van der Waals surface area contributed by atoms with E-state index in [0.29, 0.717) is 13.0 Å². The molecule has 1 aromatic carbocycles. The quantitative estimate of drug-likeness (QED) is 0.801. The lowest BCUT2D eigenvalue weighted by atomic mass is 9.92. The molecule has 0 bridgehead atoms. The average molecular weight is 267 g/mol. The smallest absolute Gasteiger partial charge is 0.166 e. The van der Waals surface area contributed by atoms with E-state index in [9.17, 15) is 4.79 Å². The van der Waals surface area contributed by atoms with Crippen molar-refractivity contribution in [2.75, 3.05) is 6.61 Å². The van der Waals surface area contributed by atoms with Gasteiger partial charge in [0.1, 0.15) is 0 Å². The zero-order chi connectivity index (χ0) is 13.9. The molecular formula is C17H17NO2. The third kappa shape index (κ3) is 2.49. The highest BCUT2D eigenvalue weighted by molar-refractivity contribution is 5.97. The lowest BCUT2D eigenvalue weighted by molar-refractivity contribution is 0.0352. The SMILES string of the molecule is Cc1cnccc1C(=O)CC1OCCc2ccccc21. The summed E-state index contributed by atoms with van der Waals surface area (Å²) in [7, 11) is 0. The fraction of sp³-hybridized carbons (Fsp3) is 0.294.